The van der Waals surface area contributed by atoms with Crippen molar-refractivity contribution >= 4 is 22.4 Å². The van der Waals surface area contributed by atoms with E-state index in [9.17, 15) is 0 Å². The van der Waals surface area contributed by atoms with Crippen LogP contribution < -0.4 is 10.6 Å². The van der Waals surface area contributed by atoms with Crippen LogP contribution in [0.2, 0.25) is 0 Å². The lowest BCUT2D eigenvalue weighted by molar-refractivity contribution is 0.900. The largest absolute Gasteiger partial charge is 0.399 e. The maximum Gasteiger partial charge on any atom is 0.139 e. The van der Waals surface area contributed by atoms with Crippen LogP contribution in [-0.2, 0) is 6.54 Å². The van der Waals surface area contributed by atoms with E-state index in [2.05, 4.69) is 27.0 Å². The standard InChI is InChI=1S/C16H16N4/c1-20(10-12-5-3-2-4-6-12)16-14-9-13(17)7-8-15(14)18-11-19-16/h2-9,11H,10,17H2,1H3. The number of nitrogens with two attached hydrogens (primary N) is 1. The number of anilines is 2. The Balaban J connectivity index is 1.99. The summed E-state index contributed by atoms with van der Waals surface area (Å²) in [6.45, 7) is 0.793. The van der Waals surface area contributed by atoms with Gasteiger partial charge in [0, 0.05) is 24.7 Å². The minimum Gasteiger partial charge on any atom is -0.399 e. The molecule has 0 spiro atoms. The minimum atomic E-state index is 0.724. The molecule has 0 saturated heterocycles. The zero-order valence-electron chi connectivity index (χ0n) is 11.3. The van der Waals surface area contributed by atoms with Crippen LogP contribution in [0.1, 0.15) is 5.56 Å². The van der Waals surface area contributed by atoms with Gasteiger partial charge in [-0.05, 0) is 23.8 Å². The van der Waals surface area contributed by atoms with E-state index in [1.165, 1.54) is 5.56 Å². The molecule has 0 saturated carbocycles. The number of hydrogen-bond donors (Lipinski definition) is 1. The highest BCUT2D eigenvalue weighted by Crippen LogP contribution is 2.25. The number of fused-ring (bicyclic) bond motifs is 1. The highest BCUT2D eigenvalue weighted by molar-refractivity contribution is 5.91. The lowest BCUT2D eigenvalue weighted by Gasteiger charge is -2.19. The highest BCUT2D eigenvalue weighted by Gasteiger charge is 2.09. The first-order chi connectivity index (χ1) is 9.74. The van der Waals surface area contributed by atoms with E-state index < -0.39 is 0 Å². The van der Waals surface area contributed by atoms with E-state index in [-0.39, 0.29) is 0 Å². The second kappa shape index (κ2) is 5.17. The molecule has 2 aromatic carbocycles. The van der Waals surface area contributed by atoms with Gasteiger partial charge in [0.15, 0.2) is 0 Å². The average molecular weight is 264 g/mol. The molecule has 0 fully saturated rings. The molecule has 0 aliphatic rings. The second-order valence-corrected chi connectivity index (χ2v) is 4.82. The van der Waals surface area contributed by atoms with Gasteiger partial charge < -0.3 is 10.6 Å². The third-order valence-electron chi connectivity index (χ3n) is 3.26. The Morgan fingerprint density at radius 2 is 1.85 bits per heavy atom. The number of rotatable bonds is 3. The molecule has 3 rings (SSSR count). The molecule has 0 radical (unpaired) electrons. The van der Waals surface area contributed by atoms with Crippen molar-refractivity contribution in [1.82, 2.24) is 9.97 Å². The quantitative estimate of drug-likeness (QED) is 0.739. The molecule has 0 bridgehead atoms. The molecule has 0 aliphatic carbocycles. The van der Waals surface area contributed by atoms with Crippen LogP contribution >= 0.6 is 0 Å². The van der Waals surface area contributed by atoms with E-state index in [0.29, 0.717) is 0 Å². The summed E-state index contributed by atoms with van der Waals surface area (Å²) in [6, 6.07) is 16.0. The zero-order valence-corrected chi connectivity index (χ0v) is 11.3. The summed E-state index contributed by atoms with van der Waals surface area (Å²) in [4.78, 5) is 10.8. The van der Waals surface area contributed by atoms with Gasteiger partial charge in [0.25, 0.3) is 0 Å². The molecule has 0 unspecified atom stereocenters. The fourth-order valence-electron chi connectivity index (χ4n) is 2.30. The first kappa shape index (κ1) is 12.4. The maximum absolute atomic E-state index is 5.87. The van der Waals surface area contributed by atoms with Crippen molar-refractivity contribution in [3.63, 3.8) is 0 Å². The van der Waals surface area contributed by atoms with Gasteiger partial charge in [-0.2, -0.15) is 0 Å². The summed E-state index contributed by atoms with van der Waals surface area (Å²) in [7, 11) is 2.03. The molecule has 100 valence electrons. The summed E-state index contributed by atoms with van der Waals surface area (Å²) < 4.78 is 0. The minimum absolute atomic E-state index is 0.724. The SMILES string of the molecule is CN(Cc1ccccc1)c1ncnc2ccc(N)cc12. The van der Waals surface area contributed by atoms with Crippen molar-refractivity contribution in [2.75, 3.05) is 17.7 Å². The molecule has 0 aliphatic heterocycles. The number of aromatic nitrogens is 2. The van der Waals surface area contributed by atoms with Crippen LogP contribution in [-0.4, -0.2) is 17.0 Å². The van der Waals surface area contributed by atoms with Gasteiger partial charge in [0.05, 0.1) is 5.52 Å². The molecule has 4 nitrogen and oxygen atoms in total. The molecular weight excluding hydrogens is 248 g/mol. The fourth-order valence-corrected chi connectivity index (χ4v) is 2.30. The van der Waals surface area contributed by atoms with Gasteiger partial charge in [-0.1, -0.05) is 30.3 Å². The Morgan fingerprint density at radius 3 is 2.65 bits per heavy atom. The van der Waals surface area contributed by atoms with Crippen LogP contribution in [0.3, 0.4) is 0 Å². The van der Waals surface area contributed by atoms with E-state index in [0.717, 1.165) is 29.0 Å². The van der Waals surface area contributed by atoms with Crippen LogP contribution in [0.25, 0.3) is 10.9 Å². The Bertz CT molecular complexity index is 725. The lowest BCUT2D eigenvalue weighted by Crippen LogP contribution is -2.18. The van der Waals surface area contributed by atoms with Crippen molar-refractivity contribution in [2.24, 2.45) is 0 Å². The normalized spacial score (nSPS) is 10.7. The van der Waals surface area contributed by atoms with Gasteiger partial charge >= 0.3 is 0 Å². The molecule has 1 heterocycles. The third kappa shape index (κ3) is 2.40. The maximum atomic E-state index is 5.87. The number of nitrogens with zero attached hydrogens (tertiary/aromatic N) is 3. The zero-order chi connectivity index (χ0) is 13.9. The summed E-state index contributed by atoms with van der Waals surface area (Å²) in [5.74, 6) is 0.895. The molecule has 2 N–H and O–H groups in total. The van der Waals surface area contributed by atoms with E-state index in [1.54, 1.807) is 6.33 Å². The molecule has 20 heavy (non-hydrogen) atoms. The van der Waals surface area contributed by atoms with Crippen molar-refractivity contribution in [3.05, 3.63) is 60.4 Å². The lowest BCUT2D eigenvalue weighted by atomic mass is 10.2. The topological polar surface area (TPSA) is 55.0 Å². The van der Waals surface area contributed by atoms with Crippen LogP contribution in [0.4, 0.5) is 11.5 Å². The predicted octanol–water partition coefficient (Wildman–Crippen LogP) is 2.85. The summed E-state index contributed by atoms with van der Waals surface area (Å²) in [5.41, 5.74) is 8.74. The molecule has 3 aromatic rings. The van der Waals surface area contributed by atoms with Crippen LogP contribution in [0, 0.1) is 0 Å². The first-order valence-electron chi connectivity index (χ1n) is 6.49. The predicted molar refractivity (Wildman–Crippen MR) is 82.5 cm³/mol. The smallest absolute Gasteiger partial charge is 0.139 e. The molecule has 0 amide bonds. The third-order valence-corrected chi connectivity index (χ3v) is 3.26. The number of hydrogen-bond acceptors (Lipinski definition) is 4. The van der Waals surface area contributed by atoms with Crippen molar-refractivity contribution in [2.45, 2.75) is 6.54 Å². The second-order valence-electron chi connectivity index (χ2n) is 4.82. The Kier molecular flexibility index (Phi) is 3.21. The monoisotopic (exact) mass is 264 g/mol. The fraction of sp³-hybridized carbons (Fsp3) is 0.125. The van der Waals surface area contributed by atoms with Crippen LogP contribution in [0.15, 0.2) is 54.9 Å². The van der Waals surface area contributed by atoms with Crippen molar-refractivity contribution < 1.29 is 0 Å². The van der Waals surface area contributed by atoms with Gasteiger partial charge in [-0.25, -0.2) is 9.97 Å². The molecule has 1 aromatic heterocycles. The molecule has 4 heteroatoms. The van der Waals surface area contributed by atoms with Crippen molar-refractivity contribution in [3.8, 4) is 0 Å². The van der Waals surface area contributed by atoms with Gasteiger partial charge in [0.1, 0.15) is 12.1 Å². The van der Waals surface area contributed by atoms with E-state index >= 15 is 0 Å². The van der Waals surface area contributed by atoms with Gasteiger partial charge in [-0.3, -0.25) is 0 Å². The number of benzene rings is 2. The Hall–Kier alpha value is -2.62. The first-order valence-corrected chi connectivity index (χ1v) is 6.49. The van der Waals surface area contributed by atoms with E-state index in [4.69, 9.17) is 5.73 Å². The Morgan fingerprint density at radius 1 is 1.05 bits per heavy atom. The highest BCUT2D eigenvalue weighted by atomic mass is 15.2. The van der Waals surface area contributed by atoms with Crippen molar-refractivity contribution in [1.29, 1.82) is 0 Å². The van der Waals surface area contributed by atoms with E-state index in [1.807, 2.05) is 43.4 Å². The molecular formula is C16H16N4. The van der Waals surface area contributed by atoms with Crippen LogP contribution in [0.5, 0.6) is 0 Å². The average Bonchev–Trinajstić information content (AvgIpc) is 2.47. The number of nitrogen functional groups attached to an aromatic ring is 1. The molecule has 0 atom stereocenters. The summed E-state index contributed by atoms with van der Waals surface area (Å²) >= 11 is 0. The van der Waals surface area contributed by atoms with Gasteiger partial charge in [0.2, 0.25) is 0 Å². The summed E-state index contributed by atoms with van der Waals surface area (Å²) in [6.07, 6.45) is 1.59. The van der Waals surface area contributed by atoms with Gasteiger partial charge in [-0.15, -0.1) is 0 Å². The summed E-state index contributed by atoms with van der Waals surface area (Å²) in [5, 5.41) is 0.978. The Labute approximate surface area is 117 Å².